The SMILES string of the molecule is CNS(=O)(=O)c1ccc(N[C@H](C)c2cccc3ccccc23)c([N+](=O)[O-])c1. The third-order valence-corrected chi connectivity index (χ3v) is 5.82. The molecule has 0 aromatic heterocycles. The van der Waals surface area contributed by atoms with E-state index in [9.17, 15) is 18.5 Å². The molecule has 0 spiro atoms. The molecule has 0 bridgehead atoms. The zero-order valence-electron chi connectivity index (χ0n) is 14.8. The van der Waals surface area contributed by atoms with Gasteiger partial charge < -0.3 is 5.32 Å². The maximum absolute atomic E-state index is 11.9. The number of nitro benzene ring substituents is 1. The Balaban J connectivity index is 2.00. The Morgan fingerprint density at radius 1 is 1.04 bits per heavy atom. The van der Waals surface area contributed by atoms with Crippen LogP contribution in [0.4, 0.5) is 11.4 Å². The Labute approximate surface area is 157 Å². The van der Waals surface area contributed by atoms with E-state index in [1.165, 1.54) is 19.2 Å². The van der Waals surface area contributed by atoms with Crippen LogP contribution in [0.25, 0.3) is 10.8 Å². The molecule has 3 rings (SSSR count). The van der Waals surface area contributed by atoms with E-state index in [-0.39, 0.29) is 22.3 Å². The van der Waals surface area contributed by atoms with Gasteiger partial charge in [-0.15, -0.1) is 0 Å². The van der Waals surface area contributed by atoms with Crippen LogP contribution < -0.4 is 10.0 Å². The van der Waals surface area contributed by atoms with Crippen LogP contribution in [0, 0.1) is 10.1 Å². The molecule has 0 amide bonds. The lowest BCUT2D eigenvalue weighted by atomic mass is 9.99. The molecule has 1 atom stereocenters. The molecule has 0 aliphatic carbocycles. The highest BCUT2D eigenvalue weighted by molar-refractivity contribution is 7.89. The lowest BCUT2D eigenvalue weighted by Crippen LogP contribution is -2.19. The highest BCUT2D eigenvalue weighted by Gasteiger charge is 2.22. The molecule has 0 unspecified atom stereocenters. The van der Waals surface area contributed by atoms with Crippen molar-refractivity contribution in [1.82, 2.24) is 4.72 Å². The van der Waals surface area contributed by atoms with Crippen LogP contribution in [0.2, 0.25) is 0 Å². The van der Waals surface area contributed by atoms with Gasteiger partial charge in [-0.05, 0) is 42.4 Å². The second-order valence-corrected chi connectivity index (χ2v) is 7.96. The zero-order valence-corrected chi connectivity index (χ0v) is 15.7. The van der Waals surface area contributed by atoms with E-state index in [2.05, 4.69) is 10.0 Å². The van der Waals surface area contributed by atoms with Crippen LogP contribution in [-0.4, -0.2) is 20.4 Å². The van der Waals surface area contributed by atoms with Crippen LogP contribution in [-0.2, 0) is 10.0 Å². The molecule has 0 aliphatic rings. The number of nitro groups is 1. The summed E-state index contributed by atoms with van der Waals surface area (Å²) in [5, 5.41) is 16.7. The molecule has 3 aromatic rings. The van der Waals surface area contributed by atoms with Gasteiger partial charge in [0.2, 0.25) is 10.0 Å². The quantitative estimate of drug-likeness (QED) is 0.496. The number of nitrogens with zero attached hydrogens (tertiary/aromatic N) is 1. The van der Waals surface area contributed by atoms with Gasteiger partial charge in [0.15, 0.2) is 0 Å². The van der Waals surface area contributed by atoms with Gasteiger partial charge >= 0.3 is 0 Å². The first kappa shape index (κ1) is 18.8. The Hall–Kier alpha value is -2.97. The molecule has 0 fully saturated rings. The molecule has 0 aliphatic heterocycles. The highest BCUT2D eigenvalue weighted by Crippen LogP contribution is 2.32. The van der Waals surface area contributed by atoms with E-state index in [1.807, 2.05) is 49.4 Å². The lowest BCUT2D eigenvalue weighted by Gasteiger charge is -2.18. The molecule has 0 saturated heterocycles. The van der Waals surface area contributed by atoms with E-state index in [0.29, 0.717) is 0 Å². The Kier molecular flexibility index (Phi) is 5.11. The maximum atomic E-state index is 11.9. The number of benzene rings is 3. The molecule has 140 valence electrons. The Morgan fingerprint density at radius 3 is 2.44 bits per heavy atom. The minimum Gasteiger partial charge on any atom is -0.373 e. The molecule has 0 saturated carbocycles. The Morgan fingerprint density at radius 2 is 1.74 bits per heavy atom. The van der Waals surface area contributed by atoms with Crippen molar-refractivity contribution in [3.05, 3.63) is 76.3 Å². The van der Waals surface area contributed by atoms with Crippen molar-refractivity contribution in [2.45, 2.75) is 17.9 Å². The lowest BCUT2D eigenvalue weighted by molar-refractivity contribution is -0.384. The van der Waals surface area contributed by atoms with Crippen LogP contribution in [0.3, 0.4) is 0 Å². The van der Waals surface area contributed by atoms with E-state index in [0.717, 1.165) is 22.4 Å². The summed E-state index contributed by atoms with van der Waals surface area (Å²) in [6, 6.07) is 17.4. The second-order valence-electron chi connectivity index (χ2n) is 6.08. The van der Waals surface area contributed by atoms with Gasteiger partial charge in [0.1, 0.15) is 5.69 Å². The average Bonchev–Trinajstić information content (AvgIpc) is 2.67. The number of rotatable bonds is 6. The predicted molar refractivity (Wildman–Crippen MR) is 105 cm³/mol. The molecule has 8 heteroatoms. The highest BCUT2D eigenvalue weighted by atomic mass is 32.2. The molecule has 3 aromatic carbocycles. The summed E-state index contributed by atoms with van der Waals surface area (Å²) in [6.07, 6.45) is 0. The predicted octanol–water partition coefficient (Wildman–Crippen LogP) is 3.83. The fourth-order valence-electron chi connectivity index (χ4n) is 3.01. The summed E-state index contributed by atoms with van der Waals surface area (Å²) in [5.41, 5.74) is 0.961. The van der Waals surface area contributed by atoms with E-state index >= 15 is 0 Å². The monoisotopic (exact) mass is 385 g/mol. The van der Waals surface area contributed by atoms with Gasteiger partial charge in [0.05, 0.1) is 9.82 Å². The second kappa shape index (κ2) is 7.34. The molecule has 27 heavy (non-hydrogen) atoms. The minimum absolute atomic E-state index is 0.153. The fraction of sp³-hybridized carbons (Fsp3) is 0.158. The summed E-state index contributed by atoms with van der Waals surface area (Å²) >= 11 is 0. The Bertz CT molecular complexity index is 1110. The maximum Gasteiger partial charge on any atom is 0.293 e. The molecule has 0 radical (unpaired) electrons. The normalized spacial score (nSPS) is 12.7. The van der Waals surface area contributed by atoms with Gasteiger partial charge in [-0.3, -0.25) is 10.1 Å². The van der Waals surface area contributed by atoms with E-state index < -0.39 is 14.9 Å². The summed E-state index contributed by atoms with van der Waals surface area (Å²) in [6.45, 7) is 1.91. The van der Waals surface area contributed by atoms with Crippen LogP contribution in [0.5, 0.6) is 0 Å². The molecule has 7 nitrogen and oxygen atoms in total. The fourth-order valence-corrected chi connectivity index (χ4v) is 3.76. The first-order valence-electron chi connectivity index (χ1n) is 8.29. The first-order valence-corrected chi connectivity index (χ1v) is 9.78. The van der Waals surface area contributed by atoms with Crippen molar-refractivity contribution in [2.24, 2.45) is 0 Å². The molecular formula is C19H19N3O4S. The van der Waals surface area contributed by atoms with Crippen molar-refractivity contribution in [3.8, 4) is 0 Å². The van der Waals surface area contributed by atoms with Crippen molar-refractivity contribution in [3.63, 3.8) is 0 Å². The van der Waals surface area contributed by atoms with E-state index in [1.54, 1.807) is 0 Å². The number of sulfonamides is 1. The molecular weight excluding hydrogens is 366 g/mol. The number of fused-ring (bicyclic) bond motifs is 1. The van der Waals surface area contributed by atoms with Crippen molar-refractivity contribution >= 4 is 32.2 Å². The molecule has 2 N–H and O–H groups in total. The smallest absolute Gasteiger partial charge is 0.293 e. The van der Waals surface area contributed by atoms with Gasteiger partial charge in [-0.25, -0.2) is 13.1 Å². The largest absolute Gasteiger partial charge is 0.373 e. The van der Waals surface area contributed by atoms with Gasteiger partial charge in [-0.1, -0.05) is 42.5 Å². The van der Waals surface area contributed by atoms with Gasteiger partial charge in [0.25, 0.3) is 5.69 Å². The minimum atomic E-state index is -3.76. The third kappa shape index (κ3) is 3.76. The van der Waals surface area contributed by atoms with Crippen LogP contribution in [0.1, 0.15) is 18.5 Å². The molecule has 0 heterocycles. The third-order valence-electron chi connectivity index (χ3n) is 4.41. The van der Waals surface area contributed by atoms with Crippen molar-refractivity contribution < 1.29 is 13.3 Å². The van der Waals surface area contributed by atoms with E-state index in [4.69, 9.17) is 0 Å². The summed E-state index contributed by atoms with van der Waals surface area (Å²) in [7, 11) is -2.50. The van der Waals surface area contributed by atoms with Crippen LogP contribution >= 0.6 is 0 Å². The number of nitrogens with one attached hydrogen (secondary N) is 2. The standard InChI is InChI=1S/C19H19N3O4S/c1-13(16-9-5-7-14-6-3-4-8-17(14)16)21-18-11-10-15(27(25,26)20-2)12-19(18)22(23)24/h3-13,20-21H,1-2H3/t13-/m1/s1. The number of hydrogen-bond donors (Lipinski definition) is 2. The number of hydrogen-bond acceptors (Lipinski definition) is 5. The van der Waals surface area contributed by atoms with Gasteiger partial charge in [0, 0.05) is 12.1 Å². The average molecular weight is 385 g/mol. The van der Waals surface area contributed by atoms with Crippen molar-refractivity contribution in [1.29, 1.82) is 0 Å². The summed E-state index contributed by atoms with van der Waals surface area (Å²) in [4.78, 5) is 10.7. The topological polar surface area (TPSA) is 101 Å². The summed E-state index contributed by atoms with van der Waals surface area (Å²) < 4.78 is 26.0. The number of anilines is 1. The first-order chi connectivity index (χ1) is 12.8. The van der Waals surface area contributed by atoms with Crippen LogP contribution in [0.15, 0.2) is 65.6 Å². The van der Waals surface area contributed by atoms with Gasteiger partial charge in [-0.2, -0.15) is 0 Å². The summed E-state index contributed by atoms with van der Waals surface area (Å²) in [5.74, 6) is 0. The zero-order chi connectivity index (χ0) is 19.6. The van der Waals surface area contributed by atoms with Crippen molar-refractivity contribution in [2.75, 3.05) is 12.4 Å².